The van der Waals surface area contributed by atoms with Crippen LogP contribution in [0.15, 0.2) is 18.3 Å². The largest absolute Gasteiger partial charge is 0.311 e. The van der Waals surface area contributed by atoms with E-state index in [0.29, 0.717) is 12.0 Å². The van der Waals surface area contributed by atoms with Gasteiger partial charge in [0.25, 0.3) is 0 Å². The summed E-state index contributed by atoms with van der Waals surface area (Å²) in [7, 11) is 1.98. The van der Waals surface area contributed by atoms with Gasteiger partial charge in [-0.3, -0.25) is 4.98 Å². The maximum Gasteiger partial charge on any atom is 0.0604 e. The quantitative estimate of drug-likeness (QED) is 0.768. The molecule has 1 atom stereocenters. The van der Waals surface area contributed by atoms with E-state index in [1.165, 1.54) is 11.3 Å². The Morgan fingerprint density at radius 2 is 2.08 bits per heavy atom. The zero-order valence-corrected chi connectivity index (χ0v) is 8.83. The number of nitrogens with zero attached hydrogens (tertiary/aromatic N) is 1. The van der Waals surface area contributed by atoms with E-state index in [1.54, 1.807) is 0 Å². The molecule has 1 rings (SSSR count). The fourth-order valence-corrected chi connectivity index (χ4v) is 1.61. The molecule has 13 heavy (non-hydrogen) atoms. The van der Waals surface area contributed by atoms with Gasteiger partial charge in [0, 0.05) is 6.20 Å². The van der Waals surface area contributed by atoms with Crippen LogP contribution in [-0.2, 0) is 0 Å². The van der Waals surface area contributed by atoms with Gasteiger partial charge in [0.05, 0.1) is 11.7 Å². The van der Waals surface area contributed by atoms with Gasteiger partial charge < -0.3 is 5.32 Å². The summed E-state index contributed by atoms with van der Waals surface area (Å²) in [4.78, 5) is 4.41. The van der Waals surface area contributed by atoms with Gasteiger partial charge in [-0.15, -0.1) is 0 Å². The van der Waals surface area contributed by atoms with Crippen LogP contribution >= 0.6 is 0 Å². The summed E-state index contributed by atoms with van der Waals surface area (Å²) in [6.07, 6.45) is 1.86. The molecule has 0 radical (unpaired) electrons. The Labute approximate surface area is 80.4 Å². The molecule has 0 saturated carbocycles. The molecule has 0 spiro atoms. The van der Waals surface area contributed by atoms with Crippen molar-refractivity contribution in [3.8, 4) is 0 Å². The lowest BCUT2D eigenvalue weighted by Crippen LogP contribution is -2.23. The highest BCUT2D eigenvalue weighted by Crippen LogP contribution is 2.21. The first-order valence-electron chi connectivity index (χ1n) is 4.75. The second kappa shape index (κ2) is 4.38. The normalized spacial score (nSPS) is 13.3. The summed E-state index contributed by atoms with van der Waals surface area (Å²) < 4.78 is 0. The number of nitrogens with one attached hydrogen (secondary N) is 1. The first kappa shape index (κ1) is 10.2. The second-order valence-corrected chi connectivity index (χ2v) is 3.72. The molecule has 0 saturated heterocycles. The zero-order valence-electron chi connectivity index (χ0n) is 8.83. The van der Waals surface area contributed by atoms with Crippen molar-refractivity contribution in [2.75, 3.05) is 7.05 Å². The van der Waals surface area contributed by atoms with E-state index in [2.05, 4.69) is 37.1 Å². The van der Waals surface area contributed by atoms with Gasteiger partial charge in [0.2, 0.25) is 0 Å². The monoisotopic (exact) mass is 178 g/mol. The third-order valence-electron chi connectivity index (χ3n) is 2.32. The molecule has 0 aliphatic carbocycles. The summed E-state index contributed by atoms with van der Waals surface area (Å²) in [5, 5.41) is 3.30. The molecule has 2 heteroatoms. The SMILES string of the molecule is CNC(c1ncccc1C)C(C)C. The molecule has 0 aliphatic heterocycles. The summed E-state index contributed by atoms with van der Waals surface area (Å²) in [6, 6.07) is 4.45. The highest BCUT2D eigenvalue weighted by molar-refractivity contribution is 5.21. The van der Waals surface area contributed by atoms with E-state index in [1.807, 2.05) is 19.3 Å². The summed E-state index contributed by atoms with van der Waals surface area (Å²) in [5.74, 6) is 0.568. The Hall–Kier alpha value is -0.890. The predicted octanol–water partition coefficient (Wildman–Crippen LogP) is 2.31. The predicted molar refractivity (Wildman–Crippen MR) is 55.6 cm³/mol. The maximum absolute atomic E-state index is 4.41. The Balaban J connectivity index is 2.97. The van der Waals surface area contributed by atoms with E-state index in [4.69, 9.17) is 0 Å². The lowest BCUT2D eigenvalue weighted by molar-refractivity contribution is 0.431. The number of hydrogen-bond acceptors (Lipinski definition) is 2. The molecule has 0 amide bonds. The first-order chi connectivity index (χ1) is 6.16. The van der Waals surface area contributed by atoms with Crippen LogP contribution in [0.2, 0.25) is 0 Å². The summed E-state index contributed by atoms with van der Waals surface area (Å²) in [6.45, 7) is 6.51. The van der Waals surface area contributed by atoms with Crippen molar-refractivity contribution >= 4 is 0 Å². The van der Waals surface area contributed by atoms with Crippen molar-refractivity contribution in [1.29, 1.82) is 0 Å². The number of pyridine rings is 1. The fraction of sp³-hybridized carbons (Fsp3) is 0.545. The molecule has 72 valence electrons. The van der Waals surface area contributed by atoms with Crippen LogP contribution in [0.1, 0.15) is 31.1 Å². The molecule has 1 N–H and O–H groups in total. The molecular weight excluding hydrogens is 160 g/mol. The van der Waals surface area contributed by atoms with Gasteiger partial charge >= 0.3 is 0 Å². The Morgan fingerprint density at radius 1 is 1.38 bits per heavy atom. The van der Waals surface area contributed by atoms with E-state index >= 15 is 0 Å². The molecule has 0 bridgehead atoms. The van der Waals surface area contributed by atoms with E-state index in [9.17, 15) is 0 Å². The Bertz CT molecular complexity index is 269. The number of rotatable bonds is 3. The fourth-order valence-electron chi connectivity index (χ4n) is 1.61. The lowest BCUT2D eigenvalue weighted by Gasteiger charge is -2.20. The van der Waals surface area contributed by atoms with Gasteiger partial charge in [-0.25, -0.2) is 0 Å². The van der Waals surface area contributed by atoms with E-state index in [0.717, 1.165) is 0 Å². The second-order valence-electron chi connectivity index (χ2n) is 3.72. The van der Waals surface area contributed by atoms with Gasteiger partial charge in [-0.05, 0) is 31.5 Å². The van der Waals surface area contributed by atoms with Crippen molar-refractivity contribution in [2.45, 2.75) is 26.8 Å². The highest BCUT2D eigenvalue weighted by Gasteiger charge is 2.15. The van der Waals surface area contributed by atoms with Crippen molar-refractivity contribution in [2.24, 2.45) is 5.92 Å². The van der Waals surface area contributed by atoms with Crippen LogP contribution in [0.25, 0.3) is 0 Å². The van der Waals surface area contributed by atoms with Crippen molar-refractivity contribution in [1.82, 2.24) is 10.3 Å². The number of hydrogen-bond donors (Lipinski definition) is 1. The smallest absolute Gasteiger partial charge is 0.0604 e. The van der Waals surface area contributed by atoms with Crippen molar-refractivity contribution in [3.63, 3.8) is 0 Å². The minimum Gasteiger partial charge on any atom is -0.311 e. The number of aromatic nitrogens is 1. The van der Waals surface area contributed by atoms with Gasteiger partial charge in [-0.2, -0.15) is 0 Å². The lowest BCUT2D eigenvalue weighted by atomic mass is 9.98. The van der Waals surface area contributed by atoms with Gasteiger partial charge in [0.15, 0.2) is 0 Å². The summed E-state index contributed by atoms with van der Waals surface area (Å²) >= 11 is 0. The molecule has 2 nitrogen and oxygen atoms in total. The minimum atomic E-state index is 0.362. The van der Waals surface area contributed by atoms with Crippen LogP contribution < -0.4 is 5.32 Å². The third-order valence-corrected chi connectivity index (χ3v) is 2.32. The maximum atomic E-state index is 4.41. The van der Waals surface area contributed by atoms with Crippen molar-refractivity contribution in [3.05, 3.63) is 29.6 Å². The Kier molecular flexibility index (Phi) is 3.43. The topological polar surface area (TPSA) is 24.9 Å². The molecule has 1 aromatic rings. The Morgan fingerprint density at radius 3 is 2.54 bits per heavy atom. The highest BCUT2D eigenvalue weighted by atomic mass is 14.9. The van der Waals surface area contributed by atoms with Crippen molar-refractivity contribution < 1.29 is 0 Å². The zero-order chi connectivity index (χ0) is 9.84. The van der Waals surface area contributed by atoms with Gasteiger partial charge in [0.1, 0.15) is 0 Å². The molecule has 0 aliphatic rings. The first-order valence-corrected chi connectivity index (χ1v) is 4.75. The number of aryl methyl sites for hydroxylation is 1. The molecule has 1 heterocycles. The standard InChI is InChI=1S/C11H18N2/c1-8(2)10(12-4)11-9(3)6-5-7-13-11/h5-8,10,12H,1-4H3. The minimum absolute atomic E-state index is 0.362. The van der Waals surface area contributed by atoms with Crippen LogP contribution in [0.3, 0.4) is 0 Å². The molecule has 1 aromatic heterocycles. The van der Waals surface area contributed by atoms with E-state index < -0.39 is 0 Å². The third kappa shape index (κ3) is 2.28. The van der Waals surface area contributed by atoms with Crippen LogP contribution in [0.4, 0.5) is 0 Å². The van der Waals surface area contributed by atoms with Crippen LogP contribution in [0.5, 0.6) is 0 Å². The van der Waals surface area contributed by atoms with Gasteiger partial charge in [-0.1, -0.05) is 19.9 Å². The van der Waals surface area contributed by atoms with Crippen LogP contribution in [0, 0.1) is 12.8 Å². The molecule has 0 aromatic carbocycles. The van der Waals surface area contributed by atoms with E-state index in [-0.39, 0.29) is 0 Å². The molecule has 1 unspecified atom stereocenters. The molecule has 0 fully saturated rings. The average Bonchev–Trinajstić information content (AvgIpc) is 2.09. The van der Waals surface area contributed by atoms with Crippen LogP contribution in [-0.4, -0.2) is 12.0 Å². The average molecular weight is 178 g/mol. The molecular formula is C11H18N2. The summed E-state index contributed by atoms with van der Waals surface area (Å²) in [5.41, 5.74) is 2.43.